The van der Waals surface area contributed by atoms with Crippen molar-refractivity contribution in [3.05, 3.63) is 65.5 Å². The third-order valence-corrected chi connectivity index (χ3v) is 5.59. The number of nitrogens with zero attached hydrogens (tertiary/aromatic N) is 1. The molecule has 0 aliphatic carbocycles. The first-order chi connectivity index (χ1) is 13.1. The Morgan fingerprint density at radius 3 is 2.74 bits per heavy atom. The normalized spacial score (nSPS) is 16.4. The van der Waals surface area contributed by atoms with Crippen LogP contribution in [0, 0.1) is 5.82 Å². The smallest absolute Gasteiger partial charge is 0.233 e. The van der Waals surface area contributed by atoms with Crippen molar-refractivity contribution < 1.29 is 18.7 Å². The molecule has 0 bridgehead atoms. The minimum Gasteiger partial charge on any atom is -0.496 e. The van der Waals surface area contributed by atoms with Gasteiger partial charge in [0, 0.05) is 25.1 Å². The lowest BCUT2D eigenvalue weighted by Crippen LogP contribution is -2.33. The topological polar surface area (TPSA) is 58.6 Å². The van der Waals surface area contributed by atoms with Crippen LogP contribution in [0.3, 0.4) is 0 Å². The van der Waals surface area contributed by atoms with Crippen molar-refractivity contribution in [1.82, 2.24) is 10.2 Å². The van der Waals surface area contributed by atoms with Gasteiger partial charge in [-0.1, -0.05) is 30.3 Å². The highest BCUT2D eigenvalue weighted by Gasteiger charge is 2.34. The van der Waals surface area contributed by atoms with Crippen molar-refractivity contribution in [3.8, 4) is 5.75 Å². The van der Waals surface area contributed by atoms with Crippen molar-refractivity contribution in [2.75, 3.05) is 19.4 Å². The summed E-state index contributed by atoms with van der Waals surface area (Å²) in [5.41, 5.74) is 1.76. The fourth-order valence-corrected chi connectivity index (χ4v) is 4.18. The van der Waals surface area contributed by atoms with Gasteiger partial charge in [-0.05, 0) is 23.8 Å². The summed E-state index contributed by atoms with van der Waals surface area (Å²) < 4.78 is 18.3. The van der Waals surface area contributed by atoms with Gasteiger partial charge in [0.05, 0.1) is 12.9 Å². The van der Waals surface area contributed by atoms with Gasteiger partial charge in [0.15, 0.2) is 0 Å². The Balaban J connectivity index is 1.57. The van der Waals surface area contributed by atoms with Gasteiger partial charge in [-0.3, -0.25) is 9.59 Å². The first kappa shape index (κ1) is 19.2. The van der Waals surface area contributed by atoms with Crippen LogP contribution in [0.1, 0.15) is 22.9 Å². The number of carbonyl (C=O) groups is 2. The fraction of sp³-hybridized carbons (Fsp3) is 0.300. The number of hydrogen-bond acceptors (Lipinski definition) is 4. The first-order valence-electron chi connectivity index (χ1n) is 8.63. The van der Waals surface area contributed by atoms with E-state index in [0.29, 0.717) is 18.8 Å². The van der Waals surface area contributed by atoms with Crippen LogP contribution in [0.4, 0.5) is 4.39 Å². The molecule has 7 heteroatoms. The zero-order chi connectivity index (χ0) is 19.2. The van der Waals surface area contributed by atoms with E-state index in [9.17, 15) is 14.0 Å². The van der Waals surface area contributed by atoms with Gasteiger partial charge >= 0.3 is 0 Å². The summed E-state index contributed by atoms with van der Waals surface area (Å²) in [6.45, 7) is 0.668. The number of halogens is 1. The Morgan fingerprint density at radius 1 is 1.26 bits per heavy atom. The number of methoxy groups -OCH3 is 1. The molecule has 27 heavy (non-hydrogen) atoms. The third kappa shape index (κ3) is 4.80. The van der Waals surface area contributed by atoms with Crippen LogP contribution in [-0.2, 0) is 16.1 Å². The average Bonchev–Trinajstić information content (AvgIpc) is 3.06. The number of para-hydroxylation sites is 1. The zero-order valence-corrected chi connectivity index (χ0v) is 15.8. The summed E-state index contributed by atoms with van der Waals surface area (Å²) in [6.07, 6.45) is 0.207. The summed E-state index contributed by atoms with van der Waals surface area (Å²) in [4.78, 5) is 26.2. The molecule has 1 atom stereocenters. The molecule has 142 valence electrons. The second kappa shape index (κ2) is 8.90. The standard InChI is InChI=1S/C20H21FN2O3S/c1-26-17-5-3-2-4-16(17)20-23(19(25)13-27-20)11-10-18(24)22-12-14-6-8-15(21)9-7-14/h2-9,20H,10-13H2,1H3,(H,22,24)/t20-/m1/s1. The van der Waals surface area contributed by atoms with Crippen LogP contribution in [0.2, 0.25) is 0 Å². The second-order valence-corrected chi connectivity index (χ2v) is 7.21. The van der Waals surface area contributed by atoms with Crippen LogP contribution in [0.15, 0.2) is 48.5 Å². The summed E-state index contributed by atoms with van der Waals surface area (Å²) >= 11 is 1.53. The molecule has 3 rings (SSSR count). The number of rotatable bonds is 7. The molecule has 1 saturated heterocycles. The van der Waals surface area contributed by atoms with Gasteiger partial charge in [-0.2, -0.15) is 0 Å². The first-order valence-corrected chi connectivity index (χ1v) is 9.68. The molecular formula is C20H21FN2O3S. The van der Waals surface area contributed by atoms with Crippen molar-refractivity contribution in [1.29, 1.82) is 0 Å². The van der Waals surface area contributed by atoms with Gasteiger partial charge in [0.2, 0.25) is 11.8 Å². The molecule has 1 N–H and O–H groups in total. The molecule has 5 nitrogen and oxygen atoms in total. The highest BCUT2D eigenvalue weighted by Crippen LogP contribution is 2.42. The van der Waals surface area contributed by atoms with Crippen LogP contribution in [0.5, 0.6) is 5.75 Å². The van der Waals surface area contributed by atoms with Crippen LogP contribution < -0.4 is 10.1 Å². The molecule has 0 unspecified atom stereocenters. The Bertz CT molecular complexity index is 813. The lowest BCUT2D eigenvalue weighted by Gasteiger charge is -2.25. The number of ether oxygens (including phenoxy) is 1. The second-order valence-electron chi connectivity index (χ2n) is 6.15. The molecule has 0 spiro atoms. The molecule has 2 amide bonds. The van der Waals surface area contributed by atoms with Crippen LogP contribution in [0.25, 0.3) is 0 Å². The number of thioether (sulfide) groups is 1. The monoisotopic (exact) mass is 388 g/mol. The van der Waals surface area contributed by atoms with E-state index >= 15 is 0 Å². The quantitative estimate of drug-likeness (QED) is 0.792. The molecule has 1 fully saturated rings. The largest absolute Gasteiger partial charge is 0.496 e. The molecule has 1 aliphatic heterocycles. The number of amides is 2. The molecule has 0 radical (unpaired) electrons. The highest BCUT2D eigenvalue weighted by atomic mass is 32.2. The van der Waals surface area contributed by atoms with E-state index in [1.807, 2.05) is 24.3 Å². The van der Waals surface area contributed by atoms with Gasteiger partial charge in [-0.25, -0.2) is 4.39 Å². The minimum atomic E-state index is -0.308. The average molecular weight is 388 g/mol. The van der Waals surface area contributed by atoms with E-state index in [1.54, 1.807) is 24.1 Å². The van der Waals surface area contributed by atoms with Gasteiger partial charge < -0.3 is 15.0 Å². The molecular weight excluding hydrogens is 367 g/mol. The van der Waals surface area contributed by atoms with E-state index in [4.69, 9.17) is 4.74 Å². The van der Waals surface area contributed by atoms with E-state index < -0.39 is 0 Å². The predicted octanol–water partition coefficient (Wildman–Crippen LogP) is 3.11. The maximum atomic E-state index is 12.9. The summed E-state index contributed by atoms with van der Waals surface area (Å²) in [7, 11) is 1.60. The van der Waals surface area contributed by atoms with Gasteiger partial charge in [0.1, 0.15) is 16.9 Å². The Kier molecular flexibility index (Phi) is 6.34. The molecule has 0 saturated carbocycles. The van der Waals surface area contributed by atoms with E-state index in [0.717, 1.165) is 16.9 Å². The molecule has 1 aliphatic rings. The number of benzene rings is 2. The number of nitrogens with one attached hydrogen (secondary N) is 1. The van der Waals surface area contributed by atoms with Gasteiger partial charge in [0.25, 0.3) is 0 Å². The van der Waals surface area contributed by atoms with Crippen LogP contribution in [-0.4, -0.2) is 36.1 Å². The molecule has 0 aromatic heterocycles. The number of hydrogen-bond donors (Lipinski definition) is 1. The van der Waals surface area contributed by atoms with Crippen molar-refractivity contribution >= 4 is 23.6 Å². The SMILES string of the molecule is COc1ccccc1[C@H]1SCC(=O)N1CCC(=O)NCc1ccc(F)cc1. The molecule has 1 heterocycles. The number of carbonyl (C=O) groups excluding carboxylic acids is 2. The van der Waals surface area contributed by atoms with E-state index in [1.165, 1.54) is 23.9 Å². The Labute approximate surface area is 161 Å². The van der Waals surface area contributed by atoms with Crippen molar-refractivity contribution in [2.45, 2.75) is 18.3 Å². The van der Waals surface area contributed by atoms with Crippen molar-refractivity contribution in [3.63, 3.8) is 0 Å². The van der Waals surface area contributed by atoms with E-state index in [-0.39, 0.29) is 29.4 Å². The zero-order valence-electron chi connectivity index (χ0n) is 15.0. The highest BCUT2D eigenvalue weighted by molar-refractivity contribution is 8.00. The Hall–Kier alpha value is -2.54. The van der Waals surface area contributed by atoms with E-state index in [2.05, 4.69) is 5.32 Å². The summed E-state index contributed by atoms with van der Waals surface area (Å²) in [6, 6.07) is 13.6. The molecule has 2 aromatic carbocycles. The maximum absolute atomic E-state index is 12.9. The maximum Gasteiger partial charge on any atom is 0.233 e. The molecule has 2 aromatic rings. The lowest BCUT2D eigenvalue weighted by atomic mass is 10.1. The summed E-state index contributed by atoms with van der Waals surface area (Å²) in [5, 5.41) is 2.65. The summed E-state index contributed by atoms with van der Waals surface area (Å²) in [5.74, 6) is 0.679. The Morgan fingerprint density at radius 2 is 2.00 bits per heavy atom. The minimum absolute atomic E-state index is 0.0160. The lowest BCUT2D eigenvalue weighted by molar-refractivity contribution is -0.129. The predicted molar refractivity (Wildman–Crippen MR) is 103 cm³/mol. The van der Waals surface area contributed by atoms with Gasteiger partial charge in [-0.15, -0.1) is 11.8 Å². The van der Waals surface area contributed by atoms with Crippen LogP contribution >= 0.6 is 11.8 Å². The van der Waals surface area contributed by atoms with Crippen molar-refractivity contribution in [2.24, 2.45) is 0 Å². The third-order valence-electron chi connectivity index (χ3n) is 4.36. The fourth-order valence-electron chi connectivity index (χ4n) is 2.94.